The van der Waals surface area contributed by atoms with Crippen molar-refractivity contribution in [3.8, 4) is 5.75 Å². The van der Waals surface area contributed by atoms with Crippen LogP contribution in [0.4, 0.5) is 5.69 Å². The van der Waals surface area contributed by atoms with E-state index in [9.17, 15) is 4.79 Å². The van der Waals surface area contributed by atoms with Gasteiger partial charge in [-0.05, 0) is 50.3 Å². The SMILES string of the molecule is COc1ccccc1NC(=O)C1=C(C)NC(=S)N[C@H]1c1ccc(C)o1. The molecule has 1 aromatic carbocycles. The van der Waals surface area contributed by atoms with Crippen LogP contribution in [-0.2, 0) is 4.79 Å². The first-order valence-electron chi connectivity index (χ1n) is 7.78. The van der Waals surface area contributed by atoms with Crippen molar-refractivity contribution < 1.29 is 13.9 Å². The molecule has 3 rings (SSSR count). The number of benzene rings is 1. The van der Waals surface area contributed by atoms with E-state index in [0.717, 1.165) is 5.76 Å². The van der Waals surface area contributed by atoms with Crippen molar-refractivity contribution in [2.45, 2.75) is 19.9 Å². The third kappa shape index (κ3) is 3.51. The predicted molar refractivity (Wildman–Crippen MR) is 99.4 cm³/mol. The first-order chi connectivity index (χ1) is 12.0. The molecule has 6 nitrogen and oxygen atoms in total. The predicted octanol–water partition coefficient (Wildman–Crippen LogP) is 3.03. The monoisotopic (exact) mass is 357 g/mol. The maximum absolute atomic E-state index is 13.0. The average Bonchev–Trinajstić information content (AvgIpc) is 3.01. The Balaban J connectivity index is 1.95. The lowest BCUT2D eigenvalue weighted by atomic mass is 10.00. The number of allylic oxidation sites excluding steroid dienone is 1. The van der Waals surface area contributed by atoms with Crippen LogP contribution in [-0.4, -0.2) is 18.1 Å². The first-order valence-corrected chi connectivity index (χ1v) is 8.19. The van der Waals surface area contributed by atoms with Gasteiger partial charge >= 0.3 is 0 Å². The van der Waals surface area contributed by atoms with E-state index in [-0.39, 0.29) is 5.91 Å². The summed E-state index contributed by atoms with van der Waals surface area (Å²) in [6.45, 7) is 3.67. The Morgan fingerprint density at radius 2 is 2.00 bits per heavy atom. The molecule has 2 heterocycles. The van der Waals surface area contributed by atoms with Gasteiger partial charge in [-0.15, -0.1) is 0 Å². The highest BCUT2D eigenvalue weighted by Gasteiger charge is 2.32. The lowest BCUT2D eigenvalue weighted by molar-refractivity contribution is -0.113. The molecular formula is C18H19N3O3S. The number of carbonyl (C=O) groups excluding carboxylic acids is 1. The Bertz CT molecular complexity index is 857. The molecule has 2 aromatic rings. The van der Waals surface area contributed by atoms with Gasteiger partial charge in [0.05, 0.1) is 18.4 Å². The van der Waals surface area contributed by atoms with Crippen LogP contribution in [0.1, 0.15) is 24.5 Å². The van der Waals surface area contributed by atoms with Crippen LogP contribution in [0, 0.1) is 6.92 Å². The minimum atomic E-state index is -0.461. The molecule has 0 aliphatic carbocycles. The normalized spacial score (nSPS) is 16.9. The van der Waals surface area contributed by atoms with Crippen LogP contribution in [0.15, 0.2) is 52.1 Å². The number of ether oxygens (including phenoxy) is 1. The van der Waals surface area contributed by atoms with Crippen molar-refractivity contribution in [3.63, 3.8) is 0 Å². The second-order valence-corrected chi connectivity index (χ2v) is 6.08. The zero-order valence-corrected chi connectivity index (χ0v) is 15.0. The fourth-order valence-electron chi connectivity index (χ4n) is 2.75. The van der Waals surface area contributed by atoms with Crippen molar-refractivity contribution in [2.75, 3.05) is 12.4 Å². The highest BCUT2D eigenvalue weighted by Crippen LogP contribution is 2.30. The summed E-state index contributed by atoms with van der Waals surface area (Å²) in [4.78, 5) is 13.0. The van der Waals surface area contributed by atoms with E-state index >= 15 is 0 Å². The van der Waals surface area contributed by atoms with Gasteiger partial charge in [-0.1, -0.05) is 12.1 Å². The zero-order chi connectivity index (χ0) is 18.0. The molecule has 130 valence electrons. The Kier molecular flexibility index (Phi) is 4.76. The van der Waals surface area contributed by atoms with Crippen LogP contribution in [0.25, 0.3) is 0 Å². The molecule has 0 spiro atoms. The maximum atomic E-state index is 13.0. The van der Waals surface area contributed by atoms with E-state index in [0.29, 0.717) is 33.6 Å². The third-order valence-corrected chi connectivity index (χ3v) is 4.13. The number of amides is 1. The second-order valence-electron chi connectivity index (χ2n) is 5.67. The molecule has 1 atom stereocenters. The number of furan rings is 1. The number of aryl methyl sites for hydroxylation is 1. The Morgan fingerprint density at radius 3 is 2.68 bits per heavy atom. The largest absolute Gasteiger partial charge is 0.495 e. The summed E-state index contributed by atoms with van der Waals surface area (Å²) in [6, 6.07) is 10.5. The second kappa shape index (κ2) is 6.98. The number of nitrogens with one attached hydrogen (secondary N) is 3. The van der Waals surface area contributed by atoms with Gasteiger partial charge in [0.15, 0.2) is 5.11 Å². The number of anilines is 1. The van der Waals surface area contributed by atoms with Crippen LogP contribution in [0.5, 0.6) is 5.75 Å². The maximum Gasteiger partial charge on any atom is 0.256 e. The summed E-state index contributed by atoms with van der Waals surface area (Å²) in [5.74, 6) is 1.73. The number of rotatable bonds is 4. The molecule has 0 radical (unpaired) electrons. The van der Waals surface area contributed by atoms with E-state index in [4.69, 9.17) is 21.4 Å². The number of carbonyl (C=O) groups is 1. The van der Waals surface area contributed by atoms with E-state index in [2.05, 4.69) is 16.0 Å². The van der Waals surface area contributed by atoms with E-state index in [1.807, 2.05) is 38.1 Å². The Morgan fingerprint density at radius 1 is 1.24 bits per heavy atom. The Labute approximate surface area is 151 Å². The summed E-state index contributed by atoms with van der Waals surface area (Å²) >= 11 is 5.23. The minimum absolute atomic E-state index is 0.261. The van der Waals surface area contributed by atoms with Crippen molar-refractivity contribution in [3.05, 3.63) is 59.2 Å². The standard InChI is InChI=1S/C18H19N3O3S/c1-10-8-9-14(24-10)16-15(11(2)19-18(25)21-16)17(22)20-12-6-4-5-7-13(12)23-3/h4-9,16H,1-3H3,(H,20,22)(H2,19,21,25)/t16-/m0/s1. The molecule has 1 aromatic heterocycles. The fourth-order valence-corrected chi connectivity index (χ4v) is 3.03. The van der Waals surface area contributed by atoms with Gasteiger partial charge in [-0.2, -0.15) is 0 Å². The van der Waals surface area contributed by atoms with Crippen molar-refractivity contribution in [1.82, 2.24) is 10.6 Å². The van der Waals surface area contributed by atoms with Crippen molar-refractivity contribution >= 4 is 28.9 Å². The van der Waals surface area contributed by atoms with Gasteiger partial charge in [0.25, 0.3) is 5.91 Å². The van der Waals surface area contributed by atoms with Gasteiger partial charge in [0, 0.05) is 5.70 Å². The summed E-state index contributed by atoms with van der Waals surface area (Å²) in [6.07, 6.45) is 0. The number of hydrogen-bond donors (Lipinski definition) is 3. The minimum Gasteiger partial charge on any atom is -0.495 e. The molecule has 1 aliphatic rings. The van der Waals surface area contributed by atoms with Crippen molar-refractivity contribution in [2.24, 2.45) is 0 Å². The van der Waals surface area contributed by atoms with Gasteiger partial charge in [0.1, 0.15) is 23.3 Å². The van der Waals surface area contributed by atoms with Gasteiger partial charge in [0.2, 0.25) is 0 Å². The smallest absolute Gasteiger partial charge is 0.256 e. The summed E-state index contributed by atoms with van der Waals surface area (Å²) in [5.41, 5.74) is 1.78. The summed E-state index contributed by atoms with van der Waals surface area (Å²) in [5, 5.41) is 9.44. The van der Waals surface area contributed by atoms with Crippen LogP contribution < -0.4 is 20.7 Å². The van der Waals surface area contributed by atoms with Gasteiger partial charge in [-0.25, -0.2) is 0 Å². The molecule has 1 aliphatic heterocycles. The van der Waals surface area contributed by atoms with Gasteiger partial charge in [-0.3, -0.25) is 4.79 Å². The Hall–Kier alpha value is -2.80. The number of hydrogen-bond acceptors (Lipinski definition) is 4. The average molecular weight is 357 g/mol. The molecule has 0 bridgehead atoms. The van der Waals surface area contributed by atoms with E-state index in [1.165, 1.54) is 0 Å². The molecule has 0 unspecified atom stereocenters. The van der Waals surface area contributed by atoms with Crippen LogP contribution in [0.2, 0.25) is 0 Å². The quantitative estimate of drug-likeness (QED) is 0.731. The summed E-state index contributed by atoms with van der Waals surface area (Å²) in [7, 11) is 1.56. The number of thiocarbonyl (C=S) groups is 1. The molecule has 3 N–H and O–H groups in total. The van der Waals surface area contributed by atoms with Crippen LogP contribution >= 0.6 is 12.2 Å². The highest BCUT2D eigenvalue weighted by atomic mass is 32.1. The van der Waals surface area contributed by atoms with E-state index < -0.39 is 6.04 Å². The third-order valence-electron chi connectivity index (χ3n) is 3.91. The zero-order valence-electron chi connectivity index (χ0n) is 14.2. The molecule has 1 amide bonds. The summed E-state index contributed by atoms with van der Waals surface area (Å²) < 4.78 is 11.0. The van der Waals surface area contributed by atoms with Gasteiger partial charge < -0.3 is 25.1 Å². The molecule has 7 heteroatoms. The first kappa shape index (κ1) is 17.0. The van der Waals surface area contributed by atoms with Crippen molar-refractivity contribution in [1.29, 1.82) is 0 Å². The number of para-hydroxylation sites is 2. The molecule has 0 saturated heterocycles. The molecule has 0 fully saturated rings. The molecular weight excluding hydrogens is 338 g/mol. The fraction of sp³-hybridized carbons (Fsp3) is 0.222. The lowest BCUT2D eigenvalue weighted by Gasteiger charge is -2.29. The van der Waals surface area contributed by atoms with E-state index in [1.54, 1.807) is 19.2 Å². The molecule has 0 saturated carbocycles. The highest BCUT2D eigenvalue weighted by molar-refractivity contribution is 7.80. The van der Waals surface area contributed by atoms with Crippen LogP contribution in [0.3, 0.4) is 0 Å². The topological polar surface area (TPSA) is 75.5 Å². The molecule has 25 heavy (non-hydrogen) atoms. The lowest BCUT2D eigenvalue weighted by Crippen LogP contribution is -2.45. The number of methoxy groups -OCH3 is 1.